The number of likely N-dealkylation sites (tertiary alicyclic amines) is 1. The molecule has 1 N–H and O–H groups in total. The Hall–Kier alpha value is -2.16. The van der Waals surface area contributed by atoms with Gasteiger partial charge in [0.15, 0.2) is 0 Å². The van der Waals surface area contributed by atoms with Crippen LogP contribution in [0.4, 0.5) is 0 Å². The van der Waals surface area contributed by atoms with Crippen molar-refractivity contribution in [2.75, 3.05) is 26.2 Å². The third-order valence-electron chi connectivity index (χ3n) is 5.98. The van der Waals surface area contributed by atoms with Crippen LogP contribution in [0.5, 0.6) is 0 Å². The summed E-state index contributed by atoms with van der Waals surface area (Å²) in [6.07, 6.45) is 8.19. The molecular weight excluding hydrogens is 372 g/mol. The van der Waals surface area contributed by atoms with E-state index in [1.165, 1.54) is 25.1 Å². The number of nitrogens with zero attached hydrogens (tertiary/aromatic N) is 5. The van der Waals surface area contributed by atoms with E-state index in [1.807, 2.05) is 18.3 Å². The molecule has 0 aromatic carbocycles. The minimum absolute atomic E-state index is 0.0816. The van der Waals surface area contributed by atoms with Crippen molar-refractivity contribution in [1.82, 2.24) is 29.8 Å². The SMILES string of the molecule is O=c1ccnc2ccc(-c3nnc(C4CCN(C5CCNCC5)CC4)s3)cn12. The maximum atomic E-state index is 12.1. The Kier molecular flexibility index (Phi) is 4.92. The van der Waals surface area contributed by atoms with Gasteiger partial charge in [-0.05, 0) is 64.0 Å². The molecule has 7 nitrogen and oxygen atoms in total. The van der Waals surface area contributed by atoms with Crippen molar-refractivity contribution in [2.45, 2.75) is 37.6 Å². The molecule has 0 saturated carbocycles. The van der Waals surface area contributed by atoms with Gasteiger partial charge in [-0.2, -0.15) is 0 Å². The van der Waals surface area contributed by atoms with E-state index in [-0.39, 0.29) is 5.56 Å². The van der Waals surface area contributed by atoms with Gasteiger partial charge < -0.3 is 10.2 Å². The van der Waals surface area contributed by atoms with E-state index in [1.54, 1.807) is 15.7 Å². The Morgan fingerprint density at radius 2 is 1.86 bits per heavy atom. The third-order valence-corrected chi connectivity index (χ3v) is 7.11. The lowest BCUT2D eigenvalue weighted by Crippen LogP contribution is -2.46. The van der Waals surface area contributed by atoms with Crippen LogP contribution in [0.2, 0.25) is 0 Å². The van der Waals surface area contributed by atoms with Crippen LogP contribution in [0.3, 0.4) is 0 Å². The minimum atomic E-state index is -0.0816. The molecule has 0 bridgehead atoms. The molecule has 3 aromatic rings. The lowest BCUT2D eigenvalue weighted by molar-refractivity contribution is 0.126. The van der Waals surface area contributed by atoms with E-state index < -0.39 is 0 Å². The van der Waals surface area contributed by atoms with Crippen molar-refractivity contribution in [1.29, 1.82) is 0 Å². The highest BCUT2D eigenvalue weighted by Crippen LogP contribution is 2.34. The standard InChI is InChI=1S/C20H24N6OS/c27-18-5-10-22-17-2-1-15(13-26(17)18)20-24-23-19(28-20)14-6-11-25(12-7-14)16-3-8-21-9-4-16/h1-2,5,10,13-14,16,21H,3-4,6-9,11-12H2. The predicted octanol–water partition coefficient (Wildman–Crippen LogP) is 2.14. The Morgan fingerprint density at radius 1 is 1.04 bits per heavy atom. The maximum Gasteiger partial charge on any atom is 0.257 e. The van der Waals surface area contributed by atoms with Crippen LogP contribution < -0.4 is 10.9 Å². The summed E-state index contributed by atoms with van der Waals surface area (Å²) in [5.74, 6) is 0.495. The van der Waals surface area contributed by atoms with Crippen molar-refractivity contribution in [3.05, 3.63) is 46.0 Å². The number of piperidine rings is 2. The Labute approximate surface area is 167 Å². The summed E-state index contributed by atoms with van der Waals surface area (Å²) in [6.45, 7) is 4.60. The second-order valence-electron chi connectivity index (χ2n) is 7.67. The summed E-state index contributed by atoms with van der Waals surface area (Å²) >= 11 is 1.66. The molecule has 0 spiro atoms. The zero-order valence-electron chi connectivity index (χ0n) is 15.8. The molecule has 2 aliphatic heterocycles. The number of nitrogens with one attached hydrogen (secondary N) is 1. The van der Waals surface area contributed by atoms with Crippen molar-refractivity contribution < 1.29 is 0 Å². The van der Waals surface area contributed by atoms with E-state index in [0.717, 1.165) is 60.6 Å². The van der Waals surface area contributed by atoms with Crippen LogP contribution in [0, 0.1) is 0 Å². The molecule has 28 heavy (non-hydrogen) atoms. The first-order chi connectivity index (χ1) is 13.8. The van der Waals surface area contributed by atoms with E-state index in [0.29, 0.717) is 11.6 Å². The second-order valence-corrected chi connectivity index (χ2v) is 8.68. The number of hydrogen-bond donors (Lipinski definition) is 1. The van der Waals surface area contributed by atoms with Gasteiger partial charge in [0, 0.05) is 36.0 Å². The van der Waals surface area contributed by atoms with Crippen LogP contribution in [-0.4, -0.2) is 56.7 Å². The van der Waals surface area contributed by atoms with Gasteiger partial charge in [0.1, 0.15) is 15.7 Å². The average Bonchev–Trinajstić information content (AvgIpc) is 3.25. The van der Waals surface area contributed by atoms with Gasteiger partial charge in [-0.3, -0.25) is 9.20 Å². The van der Waals surface area contributed by atoms with Crippen molar-refractivity contribution in [3.63, 3.8) is 0 Å². The smallest absolute Gasteiger partial charge is 0.257 e. The molecule has 146 valence electrons. The number of pyridine rings is 1. The van der Waals surface area contributed by atoms with Crippen LogP contribution in [-0.2, 0) is 0 Å². The molecule has 0 radical (unpaired) electrons. The van der Waals surface area contributed by atoms with Gasteiger partial charge in [-0.1, -0.05) is 11.3 Å². The first-order valence-corrected chi connectivity index (χ1v) is 10.9. The Morgan fingerprint density at radius 3 is 2.68 bits per heavy atom. The predicted molar refractivity (Wildman–Crippen MR) is 110 cm³/mol. The molecular formula is C20H24N6OS. The molecule has 0 atom stereocenters. The molecule has 0 unspecified atom stereocenters. The monoisotopic (exact) mass is 396 g/mol. The number of fused-ring (bicyclic) bond motifs is 1. The summed E-state index contributed by atoms with van der Waals surface area (Å²) in [6, 6.07) is 6.04. The fourth-order valence-electron chi connectivity index (χ4n) is 4.36. The van der Waals surface area contributed by atoms with Crippen molar-refractivity contribution in [3.8, 4) is 10.6 Å². The maximum absolute atomic E-state index is 12.1. The molecule has 5 heterocycles. The first kappa shape index (κ1) is 17.9. The summed E-state index contributed by atoms with van der Waals surface area (Å²) in [7, 11) is 0. The molecule has 2 saturated heterocycles. The van der Waals surface area contributed by atoms with E-state index >= 15 is 0 Å². The van der Waals surface area contributed by atoms with Gasteiger partial charge in [-0.15, -0.1) is 10.2 Å². The highest BCUT2D eigenvalue weighted by molar-refractivity contribution is 7.14. The summed E-state index contributed by atoms with van der Waals surface area (Å²) in [5, 5.41) is 14.4. The van der Waals surface area contributed by atoms with Gasteiger partial charge in [0.25, 0.3) is 5.56 Å². The van der Waals surface area contributed by atoms with E-state index in [2.05, 4.69) is 25.4 Å². The average molecular weight is 397 g/mol. The molecule has 0 aliphatic carbocycles. The molecule has 8 heteroatoms. The number of aromatic nitrogens is 4. The molecule has 5 rings (SSSR count). The lowest BCUT2D eigenvalue weighted by Gasteiger charge is -2.39. The van der Waals surface area contributed by atoms with Crippen molar-refractivity contribution in [2.24, 2.45) is 0 Å². The van der Waals surface area contributed by atoms with Gasteiger partial charge >= 0.3 is 0 Å². The first-order valence-electron chi connectivity index (χ1n) is 10.0. The highest BCUT2D eigenvalue weighted by Gasteiger charge is 2.28. The van der Waals surface area contributed by atoms with Gasteiger partial charge in [0.05, 0.1) is 0 Å². The zero-order valence-corrected chi connectivity index (χ0v) is 16.6. The lowest BCUT2D eigenvalue weighted by atomic mass is 9.94. The number of rotatable bonds is 3. The third kappa shape index (κ3) is 3.47. The quantitative estimate of drug-likeness (QED) is 0.731. The Bertz CT molecular complexity index is 1020. The van der Waals surface area contributed by atoms with E-state index in [9.17, 15) is 4.79 Å². The topological polar surface area (TPSA) is 75.4 Å². The van der Waals surface area contributed by atoms with Crippen LogP contribution in [0.15, 0.2) is 35.4 Å². The molecule has 2 aliphatic rings. The minimum Gasteiger partial charge on any atom is -0.317 e. The van der Waals surface area contributed by atoms with E-state index in [4.69, 9.17) is 0 Å². The van der Waals surface area contributed by atoms with Crippen LogP contribution >= 0.6 is 11.3 Å². The summed E-state index contributed by atoms with van der Waals surface area (Å²) in [4.78, 5) is 18.9. The zero-order chi connectivity index (χ0) is 18.9. The molecule has 0 amide bonds. The van der Waals surface area contributed by atoms with Crippen LogP contribution in [0.1, 0.15) is 36.6 Å². The van der Waals surface area contributed by atoms with Crippen molar-refractivity contribution >= 4 is 17.0 Å². The molecule has 3 aromatic heterocycles. The Balaban J connectivity index is 1.30. The van der Waals surface area contributed by atoms with Crippen LogP contribution in [0.25, 0.3) is 16.2 Å². The fourth-order valence-corrected chi connectivity index (χ4v) is 5.36. The molecule has 2 fully saturated rings. The second kappa shape index (κ2) is 7.69. The highest BCUT2D eigenvalue weighted by atomic mass is 32.1. The van der Waals surface area contributed by atoms with Gasteiger partial charge in [-0.25, -0.2) is 4.98 Å². The van der Waals surface area contributed by atoms with Gasteiger partial charge in [0.2, 0.25) is 0 Å². The number of hydrogen-bond acceptors (Lipinski definition) is 7. The summed E-state index contributed by atoms with van der Waals surface area (Å²) in [5.41, 5.74) is 1.48. The normalized spacial score (nSPS) is 20.0. The summed E-state index contributed by atoms with van der Waals surface area (Å²) < 4.78 is 1.56. The fraction of sp³-hybridized carbons (Fsp3) is 0.500. The largest absolute Gasteiger partial charge is 0.317 e.